The minimum absolute atomic E-state index is 0.0467. The third-order valence-corrected chi connectivity index (χ3v) is 5.30. The summed E-state index contributed by atoms with van der Waals surface area (Å²) >= 11 is 1.46. The van der Waals surface area contributed by atoms with E-state index in [4.69, 9.17) is 4.74 Å². The van der Waals surface area contributed by atoms with E-state index in [0.29, 0.717) is 11.3 Å². The molecule has 0 fully saturated rings. The van der Waals surface area contributed by atoms with Crippen LogP contribution >= 0.6 is 11.3 Å². The van der Waals surface area contributed by atoms with Gasteiger partial charge in [-0.25, -0.2) is 0 Å². The topological polar surface area (TPSA) is 81.4 Å². The number of nitrogens with one attached hydrogen (secondary N) is 1. The first-order valence-electron chi connectivity index (χ1n) is 9.28. The molecule has 2 aromatic carbocycles. The van der Waals surface area contributed by atoms with E-state index in [-0.39, 0.29) is 12.0 Å². The zero-order valence-electron chi connectivity index (χ0n) is 16.6. The average molecular weight is 407 g/mol. The van der Waals surface area contributed by atoms with Crippen molar-refractivity contribution in [1.82, 2.24) is 19.8 Å². The molecule has 0 aliphatic heterocycles. The number of nitrogens with zero attached hydrogens (tertiary/aromatic N) is 4. The van der Waals surface area contributed by atoms with E-state index in [1.165, 1.54) is 11.3 Å². The van der Waals surface area contributed by atoms with E-state index in [2.05, 4.69) is 20.6 Å². The maximum absolute atomic E-state index is 12.8. The van der Waals surface area contributed by atoms with Crippen LogP contribution in [0.3, 0.4) is 0 Å². The highest BCUT2D eigenvalue weighted by Crippen LogP contribution is 2.29. The van der Waals surface area contributed by atoms with Crippen LogP contribution in [0, 0.1) is 13.8 Å². The van der Waals surface area contributed by atoms with Gasteiger partial charge in [-0.05, 0) is 57.5 Å². The summed E-state index contributed by atoms with van der Waals surface area (Å²) in [6.45, 7) is 7.73. The van der Waals surface area contributed by atoms with Crippen LogP contribution in [0.4, 0.5) is 5.69 Å². The second kappa shape index (κ2) is 7.63. The fourth-order valence-corrected chi connectivity index (χ4v) is 3.78. The molecule has 4 aromatic rings. The van der Waals surface area contributed by atoms with Crippen LogP contribution in [-0.4, -0.2) is 31.8 Å². The number of anilines is 1. The van der Waals surface area contributed by atoms with Gasteiger partial charge in [-0.2, -0.15) is 9.61 Å². The molecule has 7 nitrogen and oxygen atoms in total. The van der Waals surface area contributed by atoms with E-state index >= 15 is 0 Å². The molecule has 4 rings (SSSR count). The molecule has 8 heteroatoms. The first-order chi connectivity index (χ1) is 13.9. The first kappa shape index (κ1) is 19.1. The van der Waals surface area contributed by atoms with Crippen molar-refractivity contribution < 1.29 is 9.53 Å². The van der Waals surface area contributed by atoms with Gasteiger partial charge in [-0.1, -0.05) is 29.5 Å². The maximum Gasteiger partial charge on any atom is 0.255 e. The van der Waals surface area contributed by atoms with Crippen molar-refractivity contribution in [3.05, 3.63) is 59.4 Å². The van der Waals surface area contributed by atoms with Crippen LogP contribution < -0.4 is 10.1 Å². The second-order valence-electron chi connectivity index (χ2n) is 7.03. The Balaban J connectivity index is 1.60. The third-order valence-electron chi connectivity index (χ3n) is 4.35. The van der Waals surface area contributed by atoms with Crippen molar-refractivity contribution in [2.24, 2.45) is 0 Å². The van der Waals surface area contributed by atoms with Crippen LogP contribution in [0.15, 0.2) is 42.5 Å². The van der Waals surface area contributed by atoms with Gasteiger partial charge < -0.3 is 10.1 Å². The quantitative estimate of drug-likeness (QED) is 0.526. The Bertz CT molecular complexity index is 1190. The summed E-state index contributed by atoms with van der Waals surface area (Å²) < 4.78 is 7.41. The number of carbonyl (C=O) groups is 1. The van der Waals surface area contributed by atoms with Crippen molar-refractivity contribution in [1.29, 1.82) is 0 Å². The lowest BCUT2D eigenvalue weighted by Crippen LogP contribution is -2.13. The van der Waals surface area contributed by atoms with Gasteiger partial charge >= 0.3 is 0 Å². The Morgan fingerprint density at radius 1 is 1.14 bits per heavy atom. The Hall–Kier alpha value is -3.26. The van der Waals surface area contributed by atoms with Crippen molar-refractivity contribution in [2.75, 3.05) is 5.32 Å². The molecular formula is C21H21N5O2S. The van der Waals surface area contributed by atoms with Gasteiger partial charge in [-0.3, -0.25) is 4.79 Å². The fourth-order valence-electron chi connectivity index (χ4n) is 2.90. The Labute approximate surface area is 172 Å². The van der Waals surface area contributed by atoms with E-state index in [9.17, 15) is 4.79 Å². The number of hydrogen-bond donors (Lipinski definition) is 1. The summed E-state index contributed by atoms with van der Waals surface area (Å²) in [5, 5.41) is 16.5. The highest BCUT2D eigenvalue weighted by molar-refractivity contribution is 7.19. The Morgan fingerprint density at radius 2 is 1.97 bits per heavy atom. The molecule has 0 aliphatic carbocycles. The smallest absolute Gasteiger partial charge is 0.255 e. The van der Waals surface area contributed by atoms with E-state index in [1.807, 2.05) is 58.0 Å². The van der Waals surface area contributed by atoms with Gasteiger partial charge in [-0.15, -0.1) is 10.2 Å². The first-order valence-corrected chi connectivity index (χ1v) is 10.1. The van der Waals surface area contributed by atoms with Crippen LogP contribution in [-0.2, 0) is 0 Å². The predicted molar refractivity (Wildman–Crippen MR) is 114 cm³/mol. The molecule has 0 saturated heterocycles. The van der Waals surface area contributed by atoms with Gasteiger partial charge in [0, 0.05) is 16.8 Å². The molecule has 29 heavy (non-hydrogen) atoms. The Kier molecular flexibility index (Phi) is 5.02. The number of aromatic nitrogens is 4. The molecule has 1 amide bonds. The molecule has 0 unspecified atom stereocenters. The number of benzene rings is 2. The lowest BCUT2D eigenvalue weighted by Gasteiger charge is -2.12. The number of hydrogen-bond acceptors (Lipinski definition) is 6. The average Bonchev–Trinajstić information content (AvgIpc) is 3.25. The summed E-state index contributed by atoms with van der Waals surface area (Å²) in [6, 6.07) is 13.1. The zero-order valence-corrected chi connectivity index (χ0v) is 17.4. The number of aryl methyl sites for hydroxylation is 2. The molecule has 1 N–H and O–H groups in total. The summed E-state index contributed by atoms with van der Waals surface area (Å²) in [5.74, 6) is 1.23. The number of fused-ring (bicyclic) bond motifs is 1. The molecule has 0 aliphatic rings. The molecule has 148 valence electrons. The van der Waals surface area contributed by atoms with Crippen molar-refractivity contribution in [3.63, 3.8) is 0 Å². The SMILES string of the molecule is Cc1ccc(-c2nn3c(C)nnc3s2)cc1NC(=O)c1cccc(OC(C)C)c1. The van der Waals surface area contributed by atoms with Gasteiger partial charge in [0.15, 0.2) is 5.82 Å². The van der Waals surface area contributed by atoms with E-state index < -0.39 is 0 Å². The monoisotopic (exact) mass is 407 g/mol. The van der Waals surface area contributed by atoms with Gasteiger partial charge in [0.1, 0.15) is 10.8 Å². The molecule has 0 saturated carbocycles. The van der Waals surface area contributed by atoms with Gasteiger partial charge in [0.2, 0.25) is 4.96 Å². The predicted octanol–water partition coefficient (Wildman–Crippen LogP) is 4.51. The second-order valence-corrected chi connectivity index (χ2v) is 7.98. The zero-order chi connectivity index (χ0) is 20.5. The normalized spacial score (nSPS) is 11.2. The lowest BCUT2D eigenvalue weighted by atomic mass is 10.1. The Morgan fingerprint density at radius 3 is 2.72 bits per heavy atom. The van der Waals surface area contributed by atoms with Crippen LogP contribution in [0.1, 0.15) is 35.6 Å². The maximum atomic E-state index is 12.8. The molecule has 0 radical (unpaired) electrons. The fraction of sp³-hybridized carbons (Fsp3) is 0.238. The molecule has 0 bridgehead atoms. The van der Waals surface area contributed by atoms with E-state index in [0.717, 1.165) is 32.6 Å². The highest BCUT2D eigenvalue weighted by atomic mass is 32.1. The van der Waals surface area contributed by atoms with Crippen molar-refractivity contribution >= 4 is 27.9 Å². The number of rotatable bonds is 5. The molecule has 0 atom stereocenters. The summed E-state index contributed by atoms with van der Waals surface area (Å²) in [4.78, 5) is 13.5. The van der Waals surface area contributed by atoms with Crippen molar-refractivity contribution in [2.45, 2.75) is 33.8 Å². The number of ether oxygens (including phenoxy) is 1. The lowest BCUT2D eigenvalue weighted by molar-refractivity contribution is 0.102. The summed E-state index contributed by atoms with van der Waals surface area (Å²) in [7, 11) is 0. The summed E-state index contributed by atoms with van der Waals surface area (Å²) in [5.41, 5.74) is 3.17. The summed E-state index contributed by atoms with van der Waals surface area (Å²) in [6.07, 6.45) is 0.0467. The van der Waals surface area contributed by atoms with Crippen LogP contribution in [0.25, 0.3) is 15.5 Å². The number of amides is 1. The molecular weight excluding hydrogens is 386 g/mol. The highest BCUT2D eigenvalue weighted by Gasteiger charge is 2.14. The van der Waals surface area contributed by atoms with E-state index in [1.54, 1.807) is 16.6 Å². The van der Waals surface area contributed by atoms with Gasteiger partial charge in [0.05, 0.1) is 6.10 Å². The minimum atomic E-state index is -0.187. The standard InChI is InChI=1S/C21H21N5O2S/c1-12(2)28-17-7-5-6-15(10-17)19(27)22-18-11-16(9-8-13(18)3)20-25-26-14(4)23-24-21(26)29-20/h5-12H,1-4H3,(H,22,27). The number of carbonyl (C=O) groups excluding carboxylic acids is 1. The van der Waals surface area contributed by atoms with Crippen molar-refractivity contribution in [3.8, 4) is 16.3 Å². The molecule has 2 aromatic heterocycles. The third kappa shape index (κ3) is 3.97. The van der Waals surface area contributed by atoms with Gasteiger partial charge in [0.25, 0.3) is 5.91 Å². The molecule has 2 heterocycles. The van der Waals surface area contributed by atoms with Crippen LogP contribution in [0.2, 0.25) is 0 Å². The minimum Gasteiger partial charge on any atom is -0.491 e. The largest absolute Gasteiger partial charge is 0.491 e. The van der Waals surface area contributed by atoms with Crippen LogP contribution in [0.5, 0.6) is 5.75 Å². The molecule has 0 spiro atoms.